The van der Waals surface area contributed by atoms with Crippen LogP contribution in [0.25, 0.3) is 0 Å². The van der Waals surface area contributed by atoms with Crippen LogP contribution in [0, 0.1) is 13.8 Å². The number of rotatable bonds is 3. The second-order valence-corrected chi connectivity index (χ2v) is 3.72. The van der Waals surface area contributed by atoms with E-state index < -0.39 is 0 Å². The Kier molecular flexibility index (Phi) is 3.31. The van der Waals surface area contributed by atoms with Crippen molar-refractivity contribution in [3.05, 3.63) is 41.5 Å². The fraction of sp³-hybridized carbons (Fsp3) is 0.333. The summed E-state index contributed by atoms with van der Waals surface area (Å²) >= 11 is 0. The number of hydrogen-bond acceptors (Lipinski definition) is 2. The van der Waals surface area contributed by atoms with Gasteiger partial charge in [0, 0.05) is 11.7 Å². The molecule has 0 spiro atoms. The molecule has 1 atom stereocenters. The maximum absolute atomic E-state index is 5.99. The van der Waals surface area contributed by atoms with Crippen LogP contribution in [0.5, 0.6) is 0 Å². The molecule has 14 heavy (non-hydrogen) atoms. The molecule has 1 aromatic carbocycles. The van der Waals surface area contributed by atoms with Gasteiger partial charge in [-0.3, -0.25) is 0 Å². The van der Waals surface area contributed by atoms with Crippen molar-refractivity contribution in [2.24, 2.45) is 5.73 Å². The second kappa shape index (κ2) is 4.29. The molecule has 0 bridgehead atoms. The lowest BCUT2D eigenvalue weighted by molar-refractivity contribution is 0.743. The summed E-state index contributed by atoms with van der Waals surface area (Å²) in [4.78, 5) is 0. The zero-order valence-corrected chi connectivity index (χ0v) is 8.88. The molecule has 0 unspecified atom stereocenters. The minimum atomic E-state index is -0.0360. The fourth-order valence-corrected chi connectivity index (χ4v) is 1.62. The van der Waals surface area contributed by atoms with E-state index in [4.69, 9.17) is 11.5 Å². The summed E-state index contributed by atoms with van der Waals surface area (Å²) in [6.07, 6.45) is 2.58. The maximum atomic E-state index is 5.99. The average molecular weight is 190 g/mol. The first-order valence-electron chi connectivity index (χ1n) is 4.79. The third-order valence-corrected chi connectivity index (χ3v) is 2.38. The van der Waals surface area contributed by atoms with E-state index >= 15 is 0 Å². The number of hydrogen-bond donors (Lipinski definition) is 2. The second-order valence-electron chi connectivity index (χ2n) is 3.72. The van der Waals surface area contributed by atoms with Crippen molar-refractivity contribution in [3.8, 4) is 0 Å². The van der Waals surface area contributed by atoms with Gasteiger partial charge in [0.1, 0.15) is 0 Å². The lowest BCUT2D eigenvalue weighted by atomic mass is 9.97. The van der Waals surface area contributed by atoms with Crippen molar-refractivity contribution in [3.63, 3.8) is 0 Å². The van der Waals surface area contributed by atoms with Crippen LogP contribution in [0.1, 0.15) is 29.2 Å². The van der Waals surface area contributed by atoms with Crippen LogP contribution >= 0.6 is 0 Å². The SMILES string of the molecule is C=CC[C@H](N)c1cc(C)cc(C)c1N. The highest BCUT2D eigenvalue weighted by atomic mass is 14.7. The number of benzene rings is 1. The predicted octanol–water partition coefficient (Wildman–Crippen LogP) is 2.46. The Bertz CT molecular complexity index is 342. The zero-order valence-electron chi connectivity index (χ0n) is 8.88. The van der Waals surface area contributed by atoms with Gasteiger partial charge < -0.3 is 11.5 Å². The van der Waals surface area contributed by atoms with E-state index in [2.05, 4.69) is 25.6 Å². The van der Waals surface area contributed by atoms with Gasteiger partial charge >= 0.3 is 0 Å². The standard InChI is InChI=1S/C12H18N2/c1-4-5-11(13)10-7-8(2)6-9(3)12(10)14/h4,6-7,11H,1,5,13-14H2,2-3H3/t11-/m0/s1. The van der Waals surface area contributed by atoms with Crippen molar-refractivity contribution in [2.45, 2.75) is 26.3 Å². The third kappa shape index (κ3) is 2.15. The maximum Gasteiger partial charge on any atom is 0.0392 e. The van der Waals surface area contributed by atoms with Crippen LogP contribution in [0.4, 0.5) is 5.69 Å². The van der Waals surface area contributed by atoms with Crippen LogP contribution in [0.15, 0.2) is 24.8 Å². The molecule has 0 saturated heterocycles. The summed E-state index contributed by atoms with van der Waals surface area (Å²) in [6, 6.07) is 4.08. The Morgan fingerprint density at radius 3 is 2.64 bits per heavy atom. The van der Waals surface area contributed by atoms with Crippen LogP contribution in [-0.4, -0.2) is 0 Å². The van der Waals surface area contributed by atoms with Crippen molar-refractivity contribution < 1.29 is 0 Å². The number of anilines is 1. The molecule has 0 aliphatic heterocycles. The topological polar surface area (TPSA) is 52.0 Å². The molecule has 0 saturated carbocycles. The Labute approximate surface area is 85.6 Å². The minimum absolute atomic E-state index is 0.0360. The van der Waals surface area contributed by atoms with Crippen molar-refractivity contribution in [2.75, 3.05) is 5.73 Å². The van der Waals surface area contributed by atoms with Crippen LogP contribution in [-0.2, 0) is 0 Å². The van der Waals surface area contributed by atoms with Crippen LogP contribution in [0.3, 0.4) is 0 Å². The molecule has 0 aliphatic carbocycles. The summed E-state index contributed by atoms with van der Waals surface area (Å²) in [7, 11) is 0. The third-order valence-electron chi connectivity index (χ3n) is 2.38. The molecular weight excluding hydrogens is 172 g/mol. The highest BCUT2D eigenvalue weighted by Gasteiger charge is 2.10. The smallest absolute Gasteiger partial charge is 0.0392 e. The molecule has 2 heteroatoms. The van der Waals surface area contributed by atoms with E-state index in [1.807, 2.05) is 13.0 Å². The van der Waals surface area contributed by atoms with E-state index in [-0.39, 0.29) is 6.04 Å². The van der Waals surface area contributed by atoms with Gasteiger partial charge in [0.05, 0.1) is 0 Å². The zero-order chi connectivity index (χ0) is 10.7. The molecule has 1 rings (SSSR count). The largest absolute Gasteiger partial charge is 0.398 e. The van der Waals surface area contributed by atoms with Gasteiger partial charge in [0.15, 0.2) is 0 Å². The summed E-state index contributed by atoms with van der Waals surface area (Å²) in [5.41, 5.74) is 16.1. The number of nitrogens with two attached hydrogens (primary N) is 2. The molecular formula is C12H18N2. The van der Waals surface area contributed by atoms with Crippen molar-refractivity contribution >= 4 is 5.69 Å². The molecule has 2 nitrogen and oxygen atoms in total. The van der Waals surface area contributed by atoms with E-state index in [0.29, 0.717) is 0 Å². The van der Waals surface area contributed by atoms with Gasteiger partial charge in [-0.15, -0.1) is 6.58 Å². The van der Waals surface area contributed by atoms with Gasteiger partial charge in [-0.25, -0.2) is 0 Å². The van der Waals surface area contributed by atoms with Gasteiger partial charge in [-0.1, -0.05) is 23.8 Å². The molecule has 0 aromatic heterocycles. The minimum Gasteiger partial charge on any atom is -0.398 e. The summed E-state index contributed by atoms with van der Waals surface area (Å²) in [6.45, 7) is 7.74. The molecule has 0 heterocycles. The lowest BCUT2D eigenvalue weighted by Crippen LogP contribution is -2.12. The lowest BCUT2D eigenvalue weighted by Gasteiger charge is -2.15. The molecule has 1 aromatic rings. The molecule has 0 fully saturated rings. The van der Waals surface area contributed by atoms with Gasteiger partial charge in [0.2, 0.25) is 0 Å². The molecule has 76 valence electrons. The number of nitrogen functional groups attached to an aromatic ring is 1. The first kappa shape index (κ1) is 10.8. The van der Waals surface area contributed by atoms with E-state index in [1.54, 1.807) is 0 Å². The van der Waals surface area contributed by atoms with Gasteiger partial charge in [-0.2, -0.15) is 0 Å². The summed E-state index contributed by atoms with van der Waals surface area (Å²) in [5.74, 6) is 0. The first-order valence-corrected chi connectivity index (χ1v) is 4.79. The Morgan fingerprint density at radius 1 is 1.43 bits per heavy atom. The predicted molar refractivity (Wildman–Crippen MR) is 62.1 cm³/mol. The monoisotopic (exact) mass is 190 g/mol. The van der Waals surface area contributed by atoms with Crippen LogP contribution < -0.4 is 11.5 Å². The Balaban J connectivity index is 3.12. The van der Waals surface area contributed by atoms with Crippen molar-refractivity contribution in [1.82, 2.24) is 0 Å². The quantitative estimate of drug-likeness (QED) is 0.568. The van der Waals surface area contributed by atoms with Gasteiger partial charge in [-0.05, 0) is 31.4 Å². The molecule has 0 amide bonds. The Hall–Kier alpha value is -1.28. The summed E-state index contributed by atoms with van der Waals surface area (Å²) < 4.78 is 0. The molecule has 4 N–H and O–H groups in total. The first-order chi connectivity index (χ1) is 6.56. The van der Waals surface area contributed by atoms with Crippen LogP contribution in [0.2, 0.25) is 0 Å². The Morgan fingerprint density at radius 2 is 2.07 bits per heavy atom. The number of aryl methyl sites for hydroxylation is 2. The molecule has 0 radical (unpaired) electrons. The van der Waals surface area contributed by atoms with E-state index in [1.165, 1.54) is 5.56 Å². The van der Waals surface area contributed by atoms with Gasteiger partial charge in [0.25, 0.3) is 0 Å². The normalized spacial score (nSPS) is 12.5. The molecule has 0 aliphatic rings. The van der Waals surface area contributed by atoms with E-state index in [0.717, 1.165) is 23.2 Å². The van der Waals surface area contributed by atoms with E-state index in [9.17, 15) is 0 Å². The highest BCUT2D eigenvalue weighted by Crippen LogP contribution is 2.25. The fourth-order valence-electron chi connectivity index (χ4n) is 1.62. The highest BCUT2D eigenvalue weighted by molar-refractivity contribution is 5.56. The average Bonchev–Trinajstić information content (AvgIpc) is 2.11. The van der Waals surface area contributed by atoms with Crippen molar-refractivity contribution in [1.29, 1.82) is 0 Å². The summed E-state index contributed by atoms with van der Waals surface area (Å²) in [5, 5.41) is 0.